The van der Waals surface area contributed by atoms with E-state index in [0.29, 0.717) is 10.0 Å². The molecule has 3 nitrogen and oxygen atoms in total. The van der Waals surface area contributed by atoms with Gasteiger partial charge in [0, 0.05) is 20.7 Å². The lowest BCUT2D eigenvalue weighted by Gasteiger charge is -2.07. The second-order valence-corrected chi connectivity index (χ2v) is 6.56. The van der Waals surface area contributed by atoms with E-state index in [1.165, 1.54) is 4.57 Å². The van der Waals surface area contributed by atoms with Crippen molar-refractivity contribution in [2.24, 2.45) is 0 Å². The average Bonchev–Trinajstić information content (AvgIpc) is 2.35. The van der Waals surface area contributed by atoms with Crippen molar-refractivity contribution in [2.45, 2.75) is 6.54 Å². The Hall–Kier alpha value is -0.720. The molecule has 6 heteroatoms. The van der Waals surface area contributed by atoms with Crippen molar-refractivity contribution in [3.63, 3.8) is 0 Å². The van der Waals surface area contributed by atoms with Gasteiger partial charge in [-0.15, -0.1) is 0 Å². The third kappa shape index (κ3) is 3.64. The lowest BCUT2D eigenvalue weighted by atomic mass is 10.1. The van der Waals surface area contributed by atoms with Crippen LogP contribution in [-0.4, -0.2) is 10.4 Å². The summed E-state index contributed by atoms with van der Waals surface area (Å²) in [5, 5.41) is 0. The van der Waals surface area contributed by atoms with Gasteiger partial charge < -0.3 is 4.57 Å². The van der Waals surface area contributed by atoms with Crippen LogP contribution in [0.2, 0.25) is 0 Å². The van der Waals surface area contributed by atoms with Gasteiger partial charge >= 0.3 is 0 Å². The van der Waals surface area contributed by atoms with Gasteiger partial charge in [0.2, 0.25) is 0 Å². The molecule has 0 aliphatic heterocycles. The molecule has 0 N–H and O–H groups in total. The zero-order valence-corrected chi connectivity index (χ0v) is 14.3. The van der Waals surface area contributed by atoms with Crippen LogP contribution in [0, 0.1) is 0 Å². The topological polar surface area (TPSA) is 39.1 Å². The maximum atomic E-state index is 12.1. The third-order valence-electron chi connectivity index (χ3n) is 2.47. The molecule has 0 saturated carbocycles. The van der Waals surface area contributed by atoms with E-state index in [4.69, 9.17) is 0 Å². The summed E-state index contributed by atoms with van der Waals surface area (Å²) in [5.74, 6) is -0.117. The average molecular weight is 450 g/mol. The number of benzene rings is 1. The molecule has 2 aromatic rings. The summed E-state index contributed by atoms with van der Waals surface area (Å²) in [7, 11) is 0. The number of Topliss-reactive ketones (excluding diaryl/α,β-unsaturated/α-hetero) is 1. The number of halogens is 3. The maximum absolute atomic E-state index is 12.1. The number of hydrogen-bond donors (Lipinski definition) is 0. The minimum atomic E-state index is -0.230. The molecule has 98 valence electrons. The van der Waals surface area contributed by atoms with Gasteiger partial charge in [-0.25, -0.2) is 0 Å². The van der Waals surface area contributed by atoms with Gasteiger partial charge in [0.25, 0.3) is 5.56 Å². The Morgan fingerprint density at radius 3 is 2.53 bits per heavy atom. The Bertz CT molecular complexity index is 695. The van der Waals surface area contributed by atoms with E-state index >= 15 is 0 Å². The number of hydrogen-bond acceptors (Lipinski definition) is 2. The van der Waals surface area contributed by atoms with Crippen LogP contribution >= 0.6 is 47.8 Å². The molecular formula is C13H8Br3NO2. The minimum Gasteiger partial charge on any atom is -0.306 e. The molecule has 0 fully saturated rings. The molecule has 1 heterocycles. The van der Waals surface area contributed by atoms with Crippen LogP contribution in [0.25, 0.3) is 0 Å². The summed E-state index contributed by atoms with van der Waals surface area (Å²) in [6.07, 6.45) is 1.60. The van der Waals surface area contributed by atoms with Crippen molar-refractivity contribution < 1.29 is 4.79 Å². The molecule has 2 rings (SSSR count). The number of nitrogens with zero attached hydrogens (tertiary/aromatic N) is 1. The number of carbonyl (C=O) groups is 1. The fourth-order valence-electron chi connectivity index (χ4n) is 1.59. The van der Waals surface area contributed by atoms with Crippen molar-refractivity contribution in [1.82, 2.24) is 4.57 Å². The highest BCUT2D eigenvalue weighted by Crippen LogP contribution is 2.15. The smallest absolute Gasteiger partial charge is 0.265 e. The van der Waals surface area contributed by atoms with Crippen LogP contribution in [0.1, 0.15) is 10.4 Å². The Labute approximate surface area is 135 Å². The first kappa shape index (κ1) is 14.7. The van der Waals surface area contributed by atoms with Crippen molar-refractivity contribution in [2.75, 3.05) is 0 Å². The number of ketones is 1. The minimum absolute atomic E-state index is 0.00727. The van der Waals surface area contributed by atoms with Crippen LogP contribution in [-0.2, 0) is 6.54 Å². The molecule has 1 aromatic carbocycles. The highest BCUT2D eigenvalue weighted by molar-refractivity contribution is 9.11. The first-order chi connectivity index (χ1) is 8.97. The molecule has 0 saturated heterocycles. The molecule has 19 heavy (non-hydrogen) atoms. The maximum Gasteiger partial charge on any atom is 0.265 e. The lowest BCUT2D eigenvalue weighted by Crippen LogP contribution is -2.24. The molecule has 0 aliphatic rings. The van der Waals surface area contributed by atoms with E-state index in [1.54, 1.807) is 30.5 Å². The van der Waals surface area contributed by atoms with Gasteiger partial charge in [0.05, 0.1) is 11.0 Å². The predicted octanol–water partition coefficient (Wildman–Crippen LogP) is 4.02. The first-order valence-corrected chi connectivity index (χ1v) is 7.69. The van der Waals surface area contributed by atoms with E-state index in [1.807, 2.05) is 6.07 Å². The van der Waals surface area contributed by atoms with Gasteiger partial charge in [-0.2, -0.15) is 0 Å². The van der Waals surface area contributed by atoms with Crippen LogP contribution in [0.3, 0.4) is 0 Å². The summed E-state index contributed by atoms with van der Waals surface area (Å²) < 4.78 is 3.36. The number of aromatic nitrogens is 1. The Balaban J connectivity index is 2.32. The van der Waals surface area contributed by atoms with Gasteiger partial charge in [-0.3, -0.25) is 9.59 Å². The van der Waals surface area contributed by atoms with E-state index in [0.717, 1.165) is 8.95 Å². The van der Waals surface area contributed by atoms with E-state index in [2.05, 4.69) is 47.8 Å². The van der Waals surface area contributed by atoms with Crippen LogP contribution in [0.4, 0.5) is 0 Å². The molecule has 0 bridgehead atoms. The molecule has 0 spiro atoms. The quantitative estimate of drug-likeness (QED) is 0.664. The van der Waals surface area contributed by atoms with Crippen LogP contribution < -0.4 is 5.56 Å². The van der Waals surface area contributed by atoms with Gasteiger partial charge in [0.15, 0.2) is 5.78 Å². The van der Waals surface area contributed by atoms with E-state index < -0.39 is 0 Å². The molecule has 0 atom stereocenters. The van der Waals surface area contributed by atoms with E-state index in [-0.39, 0.29) is 17.9 Å². The van der Waals surface area contributed by atoms with Crippen molar-refractivity contribution in [1.29, 1.82) is 0 Å². The zero-order valence-electron chi connectivity index (χ0n) is 9.57. The summed E-state index contributed by atoms with van der Waals surface area (Å²) in [6, 6.07) is 8.75. The molecular weight excluding hydrogens is 442 g/mol. The molecule has 0 radical (unpaired) electrons. The zero-order chi connectivity index (χ0) is 14.0. The third-order valence-corrected chi connectivity index (χ3v) is 3.96. The largest absolute Gasteiger partial charge is 0.306 e. The summed E-state index contributed by atoms with van der Waals surface area (Å²) >= 11 is 9.79. The van der Waals surface area contributed by atoms with Gasteiger partial charge in [0.1, 0.15) is 0 Å². The molecule has 0 aliphatic carbocycles. The fourth-order valence-corrected chi connectivity index (χ4v) is 3.25. The second kappa shape index (κ2) is 6.15. The van der Waals surface area contributed by atoms with Crippen molar-refractivity contribution in [3.05, 3.63) is 65.9 Å². The van der Waals surface area contributed by atoms with Crippen molar-refractivity contribution >= 4 is 53.6 Å². The van der Waals surface area contributed by atoms with Crippen LogP contribution in [0.5, 0.6) is 0 Å². The normalized spacial score (nSPS) is 10.5. The molecule has 0 amide bonds. The van der Waals surface area contributed by atoms with Crippen molar-refractivity contribution in [3.8, 4) is 0 Å². The SMILES string of the molecule is O=C(Cn1cc(Br)cc(Br)c1=O)c1cccc(Br)c1. The Morgan fingerprint density at radius 2 is 1.84 bits per heavy atom. The Kier molecular flexibility index (Phi) is 4.76. The lowest BCUT2D eigenvalue weighted by molar-refractivity contribution is 0.0970. The van der Waals surface area contributed by atoms with Crippen LogP contribution in [0.15, 0.2) is 54.7 Å². The summed E-state index contributed by atoms with van der Waals surface area (Å²) in [6.45, 7) is 0.00727. The second-order valence-electron chi connectivity index (χ2n) is 3.87. The monoisotopic (exact) mass is 447 g/mol. The highest BCUT2D eigenvalue weighted by Gasteiger charge is 2.10. The fraction of sp³-hybridized carbons (Fsp3) is 0.0769. The standard InChI is InChI=1S/C13H8Br3NO2/c14-9-3-1-2-8(4-9)12(18)7-17-6-10(15)5-11(16)13(17)19/h1-6H,7H2. The highest BCUT2D eigenvalue weighted by atomic mass is 79.9. The molecule has 1 aromatic heterocycles. The number of carbonyl (C=O) groups excluding carboxylic acids is 1. The number of pyridine rings is 1. The predicted molar refractivity (Wildman–Crippen MR) is 84.6 cm³/mol. The summed E-state index contributed by atoms with van der Waals surface area (Å²) in [5.41, 5.74) is 0.337. The summed E-state index contributed by atoms with van der Waals surface area (Å²) in [4.78, 5) is 24.0. The van der Waals surface area contributed by atoms with E-state index in [9.17, 15) is 9.59 Å². The number of rotatable bonds is 3. The first-order valence-electron chi connectivity index (χ1n) is 5.31. The Morgan fingerprint density at radius 1 is 1.11 bits per heavy atom. The molecule has 0 unspecified atom stereocenters. The van der Waals surface area contributed by atoms with Gasteiger partial charge in [-0.05, 0) is 50.1 Å². The van der Waals surface area contributed by atoms with Gasteiger partial charge in [-0.1, -0.05) is 28.1 Å².